The van der Waals surface area contributed by atoms with Crippen molar-refractivity contribution in [1.82, 2.24) is 4.90 Å². The number of aryl methyl sites for hydroxylation is 1. The van der Waals surface area contributed by atoms with E-state index < -0.39 is 11.6 Å². The van der Waals surface area contributed by atoms with E-state index in [1.807, 2.05) is 13.8 Å². The molecule has 1 fully saturated rings. The number of esters is 1. The number of hydrogen-bond acceptors (Lipinski definition) is 6. The average Bonchev–Trinajstić information content (AvgIpc) is 2.71. The first-order valence-electron chi connectivity index (χ1n) is 10.1. The Hall–Kier alpha value is -2.83. The summed E-state index contributed by atoms with van der Waals surface area (Å²) in [5, 5.41) is 0.799. The van der Waals surface area contributed by atoms with E-state index in [4.69, 9.17) is 13.9 Å². The molecular formula is C22H27NO6. The van der Waals surface area contributed by atoms with E-state index >= 15 is 0 Å². The van der Waals surface area contributed by atoms with Crippen LogP contribution in [0.25, 0.3) is 11.0 Å². The summed E-state index contributed by atoms with van der Waals surface area (Å²) >= 11 is 0. The molecule has 29 heavy (non-hydrogen) atoms. The molecule has 1 amide bonds. The molecule has 0 radical (unpaired) electrons. The van der Waals surface area contributed by atoms with Gasteiger partial charge in [-0.15, -0.1) is 0 Å². The van der Waals surface area contributed by atoms with Crippen LogP contribution in [0.5, 0.6) is 5.75 Å². The van der Waals surface area contributed by atoms with Crippen molar-refractivity contribution in [2.24, 2.45) is 0 Å². The van der Waals surface area contributed by atoms with Gasteiger partial charge in [-0.25, -0.2) is 9.59 Å². The van der Waals surface area contributed by atoms with E-state index in [2.05, 4.69) is 0 Å². The summed E-state index contributed by atoms with van der Waals surface area (Å²) in [6.45, 7) is 3.76. The summed E-state index contributed by atoms with van der Waals surface area (Å²) in [7, 11) is 0. The summed E-state index contributed by atoms with van der Waals surface area (Å²) in [5.74, 6) is -0.411. The Labute approximate surface area is 169 Å². The van der Waals surface area contributed by atoms with Gasteiger partial charge in [-0.1, -0.05) is 19.3 Å². The third kappa shape index (κ3) is 5.37. The Morgan fingerprint density at radius 1 is 1.14 bits per heavy atom. The smallest absolute Gasteiger partial charge is 0.344 e. The van der Waals surface area contributed by atoms with Gasteiger partial charge in [0.15, 0.2) is 13.2 Å². The van der Waals surface area contributed by atoms with Crippen molar-refractivity contribution in [3.8, 4) is 5.75 Å². The number of benzene rings is 1. The van der Waals surface area contributed by atoms with Crippen molar-refractivity contribution in [2.75, 3.05) is 19.8 Å². The quantitative estimate of drug-likeness (QED) is 0.523. The molecule has 0 bridgehead atoms. The van der Waals surface area contributed by atoms with Gasteiger partial charge in [-0.3, -0.25) is 4.79 Å². The SMILES string of the molecule is CCN(C(=O)COC(=O)COc1ccc2c(C)cc(=O)oc2c1)C1CCCCC1. The lowest BCUT2D eigenvalue weighted by atomic mass is 9.94. The molecule has 1 aromatic carbocycles. The number of carbonyl (C=O) groups excluding carboxylic acids is 2. The maximum absolute atomic E-state index is 12.4. The fourth-order valence-electron chi connectivity index (χ4n) is 3.83. The van der Waals surface area contributed by atoms with Gasteiger partial charge in [-0.05, 0) is 44.4 Å². The summed E-state index contributed by atoms with van der Waals surface area (Å²) in [4.78, 5) is 37.7. The second-order valence-electron chi connectivity index (χ2n) is 7.33. The lowest BCUT2D eigenvalue weighted by Gasteiger charge is -2.33. The second kappa shape index (κ2) is 9.58. The Bertz CT molecular complexity index is 929. The van der Waals surface area contributed by atoms with Crippen LogP contribution in [-0.2, 0) is 14.3 Å². The van der Waals surface area contributed by atoms with E-state index in [1.165, 1.54) is 12.5 Å². The van der Waals surface area contributed by atoms with E-state index in [-0.39, 0.29) is 25.2 Å². The van der Waals surface area contributed by atoms with E-state index in [0.717, 1.165) is 36.6 Å². The molecule has 3 rings (SSSR count). The highest BCUT2D eigenvalue weighted by molar-refractivity contribution is 5.82. The van der Waals surface area contributed by atoms with Crippen molar-refractivity contribution in [3.05, 3.63) is 40.2 Å². The van der Waals surface area contributed by atoms with Crippen LogP contribution in [0.15, 0.2) is 33.5 Å². The average molecular weight is 401 g/mol. The number of rotatable bonds is 7. The predicted molar refractivity (Wildman–Crippen MR) is 108 cm³/mol. The molecule has 7 nitrogen and oxygen atoms in total. The largest absolute Gasteiger partial charge is 0.482 e. The number of nitrogens with zero attached hydrogens (tertiary/aromatic N) is 1. The lowest BCUT2D eigenvalue weighted by Crippen LogP contribution is -2.43. The maximum Gasteiger partial charge on any atom is 0.344 e. The van der Waals surface area contributed by atoms with Crippen molar-refractivity contribution in [1.29, 1.82) is 0 Å². The minimum Gasteiger partial charge on any atom is -0.482 e. The first kappa shape index (κ1) is 20.9. The third-order valence-corrected chi connectivity index (χ3v) is 5.31. The van der Waals surface area contributed by atoms with Crippen LogP contribution in [0.1, 0.15) is 44.6 Å². The van der Waals surface area contributed by atoms with Crippen molar-refractivity contribution in [2.45, 2.75) is 52.0 Å². The van der Waals surface area contributed by atoms with Crippen molar-refractivity contribution < 1.29 is 23.5 Å². The van der Waals surface area contributed by atoms with Crippen LogP contribution in [0.2, 0.25) is 0 Å². The summed E-state index contributed by atoms with van der Waals surface area (Å²) in [6, 6.07) is 6.68. The molecule has 0 spiro atoms. The molecule has 1 aliphatic rings. The molecule has 156 valence electrons. The summed E-state index contributed by atoms with van der Waals surface area (Å²) in [6.07, 6.45) is 5.50. The highest BCUT2D eigenvalue weighted by atomic mass is 16.6. The van der Waals surface area contributed by atoms with Gasteiger partial charge in [-0.2, -0.15) is 0 Å². The minimum atomic E-state index is -0.621. The zero-order chi connectivity index (χ0) is 20.8. The Morgan fingerprint density at radius 2 is 1.90 bits per heavy atom. The monoisotopic (exact) mass is 401 g/mol. The van der Waals surface area contributed by atoms with Crippen LogP contribution >= 0.6 is 0 Å². The number of amides is 1. The molecule has 1 aromatic heterocycles. The number of likely N-dealkylation sites (N-methyl/N-ethyl adjacent to an activating group) is 1. The lowest BCUT2D eigenvalue weighted by molar-refractivity contribution is -0.154. The maximum atomic E-state index is 12.4. The Morgan fingerprint density at radius 3 is 2.62 bits per heavy atom. The Kier molecular flexibility index (Phi) is 6.90. The van der Waals surface area contributed by atoms with E-state index in [1.54, 1.807) is 23.1 Å². The van der Waals surface area contributed by atoms with Crippen LogP contribution in [-0.4, -0.2) is 42.6 Å². The van der Waals surface area contributed by atoms with Gasteiger partial charge in [0.1, 0.15) is 11.3 Å². The van der Waals surface area contributed by atoms with E-state index in [9.17, 15) is 14.4 Å². The minimum absolute atomic E-state index is 0.171. The fourth-order valence-corrected chi connectivity index (χ4v) is 3.83. The van der Waals surface area contributed by atoms with Crippen LogP contribution in [0, 0.1) is 6.92 Å². The van der Waals surface area contributed by atoms with Gasteiger partial charge < -0.3 is 18.8 Å². The first-order chi connectivity index (χ1) is 14.0. The molecular weight excluding hydrogens is 374 g/mol. The molecule has 0 saturated heterocycles. The zero-order valence-electron chi connectivity index (χ0n) is 16.9. The summed E-state index contributed by atoms with van der Waals surface area (Å²) in [5.41, 5.74) is 0.754. The van der Waals surface area contributed by atoms with Gasteiger partial charge in [0.05, 0.1) is 0 Å². The number of fused-ring (bicyclic) bond motifs is 1. The molecule has 0 atom stereocenters. The molecule has 1 heterocycles. The molecule has 1 aliphatic carbocycles. The zero-order valence-corrected chi connectivity index (χ0v) is 16.9. The highest BCUT2D eigenvalue weighted by Gasteiger charge is 2.24. The van der Waals surface area contributed by atoms with E-state index in [0.29, 0.717) is 17.9 Å². The van der Waals surface area contributed by atoms with Crippen molar-refractivity contribution in [3.63, 3.8) is 0 Å². The molecule has 7 heteroatoms. The van der Waals surface area contributed by atoms with Crippen LogP contribution in [0.4, 0.5) is 0 Å². The predicted octanol–water partition coefficient (Wildman–Crippen LogP) is 3.20. The number of hydrogen-bond donors (Lipinski definition) is 0. The van der Waals surface area contributed by atoms with Gasteiger partial charge in [0.25, 0.3) is 5.91 Å². The molecule has 2 aromatic rings. The Balaban J connectivity index is 1.51. The van der Waals surface area contributed by atoms with Gasteiger partial charge in [0.2, 0.25) is 0 Å². The molecule has 0 unspecified atom stereocenters. The van der Waals surface area contributed by atoms with Crippen LogP contribution in [0.3, 0.4) is 0 Å². The highest BCUT2D eigenvalue weighted by Crippen LogP contribution is 2.23. The topological polar surface area (TPSA) is 86.0 Å². The fraction of sp³-hybridized carbons (Fsp3) is 0.500. The standard InChI is InChI=1S/C22H27NO6/c1-3-23(16-7-5-4-6-8-16)20(24)13-28-22(26)14-27-17-9-10-18-15(2)11-21(25)29-19(18)12-17/h9-12,16H,3-8,13-14H2,1-2H3. The molecule has 0 aliphatic heterocycles. The number of ether oxygens (including phenoxy) is 2. The molecule has 0 N–H and O–H groups in total. The second-order valence-corrected chi connectivity index (χ2v) is 7.33. The van der Waals surface area contributed by atoms with Gasteiger partial charge >= 0.3 is 11.6 Å². The van der Waals surface area contributed by atoms with Crippen LogP contribution < -0.4 is 10.4 Å². The van der Waals surface area contributed by atoms with Crippen molar-refractivity contribution >= 4 is 22.8 Å². The number of carbonyl (C=O) groups is 2. The van der Waals surface area contributed by atoms with Gasteiger partial charge in [0, 0.05) is 30.1 Å². The first-order valence-corrected chi connectivity index (χ1v) is 10.1. The normalized spacial score (nSPS) is 14.6. The third-order valence-electron chi connectivity index (χ3n) is 5.31. The summed E-state index contributed by atoms with van der Waals surface area (Å²) < 4.78 is 15.7. The molecule has 1 saturated carbocycles.